The van der Waals surface area contributed by atoms with E-state index in [1.54, 1.807) is 0 Å². The Labute approximate surface area is 671 Å². The van der Waals surface area contributed by atoms with Crippen LogP contribution >= 0.6 is 46.9 Å². The van der Waals surface area contributed by atoms with Crippen molar-refractivity contribution in [3.8, 4) is 0 Å². The zero-order chi connectivity index (χ0) is 67.3. The van der Waals surface area contributed by atoms with Crippen LogP contribution in [-0.2, 0) is 111 Å². The van der Waals surface area contributed by atoms with Crippen molar-refractivity contribution in [2.75, 3.05) is 39.6 Å². The maximum absolute atomic E-state index is 11.9. The van der Waals surface area contributed by atoms with Crippen LogP contribution in [0.3, 0.4) is 0 Å². The molecule has 22 aliphatic rings. The van der Waals surface area contributed by atoms with Crippen LogP contribution in [0.2, 0.25) is 0 Å². The van der Waals surface area contributed by atoms with Gasteiger partial charge in [-0.2, -0.15) is 0 Å². The molecule has 0 spiro atoms. The maximum Gasteiger partial charge on any atom is 1.00 e. The second kappa shape index (κ2) is 41.3. The Morgan fingerprint density at radius 2 is 0.323 bits per heavy atom. The van der Waals surface area contributed by atoms with Crippen LogP contribution in [0.4, 0.5) is 0 Å². The second-order valence-corrected chi connectivity index (χ2v) is 27.5. The molecule has 60 heteroatoms. The van der Waals surface area contributed by atoms with E-state index >= 15 is 0 Å². The van der Waals surface area contributed by atoms with Crippen molar-refractivity contribution in [1.29, 1.82) is 0 Å². The van der Waals surface area contributed by atoms with E-state index in [1.165, 1.54) is 0 Å². The molecule has 96 heavy (non-hydrogen) atoms. The van der Waals surface area contributed by atoms with Crippen molar-refractivity contribution in [2.45, 2.75) is 184 Å². The van der Waals surface area contributed by atoms with Gasteiger partial charge in [-0.3, -0.25) is 27.4 Å². The van der Waals surface area contributed by atoms with Gasteiger partial charge in [0.1, 0.15) is 146 Å². The topological polar surface area (TPSA) is 771 Å². The molecule has 22 heterocycles. The molecule has 0 saturated carbocycles. The second-order valence-electron chi connectivity index (χ2n) is 20.3. The summed E-state index contributed by atoms with van der Waals surface area (Å²) in [5, 5.41) is 138. The molecule has 18 N–H and O–H groups in total. The molecule has 22 aliphatic heterocycles. The van der Waals surface area contributed by atoms with Gasteiger partial charge in [0.15, 0.2) is 37.7 Å². The number of hydrogen-bond acceptors (Lipinski definition) is 42. The molecule has 0 amide bonds. The number of hydrogen-bond donors (Lipinski definition) is 18. The fourth-order valence-electron chi connectivity index (χ4n) is 9.86. The Hall–Kier alpha value is 5.70. The number of ether oxygens (including phenoxy) is 12. The molecule has 0 aromatic rings. The molecule has 48 nitrogen and oxygen atoms in total. The molecule has 6 unspecified atom stereocenters. The van der Waals surface area contributed by atoms with E-state index in [0.29, 0.717) is 0 Å². The molecule has 12 bridgehead atoms. The minimum atomic E-state index is -5.90. The molecule has 0 aliphatic carbocycles. The SMILES string of the molecule is O=P([O-])(O)OC[C@H]1O[C@@H]2O[C@H]3[C@H](O)[C@@H](O)[C@@H](O[C@H]4[C@H](O)[C@@H](O)[C@@H](O[C@H]5[C@H](O)[C@@H](O)[C@@H](O[C@H]6[C@H](O)[C@@H](O)[C@@H](O[C@H]7[C@H](O)[C@@H](O)[C@@H](O[C@H]1[C@H](O)[C@H]2O)O[C@@H]7COP(=O)([O-])O)O[C@@H]6COP(=O)([O-])O)O[C@@H]5COP(=O)([O-])O)O[C@@H]4COP(=O)([O-])O)O[C@@H]3COP(=O)([O-])O.[Na+].[Na+].[Na+].[Na+].[Na+].[Na+]. The van der Waals surface area contributed by atoms with Gasteiger partial charge in [-0.15, -0.1) is 0 Å². The molecular formula is C36H60Na6O48P6. The van der Waals surface area contributed by atoms with E-state index in [9.17, 15) is 147 Å². The van der Waals surface area contributed by atoms with Crippen LogP contribution in [0.5, 0.6) is 0 Å². The van der Waals surface area contributed by atoms with Crippen LogP contribution in [0.25, 0.3) is 0 Å². The van der Waals surface area contributed by atoms with Gasteiger partial charge < -0.3 is 204 Å². The zero-order valence-electron chi connectivity index (χ0n) is 50.5. The van der Waals surface area contributed by atoms with E-state index in [0.717, 1.165) is 0 Å². The van der Waals surface area contributed by atoms with Crippen molar-refractivity contribution in [3.05, 3.63) is 0 Å². The van der Waals surface area contributed by atoms with Crippen LogP contribution in [0, 0.1) is 0 Å². The van der Waals surface area contributed by atoms with E-state index in [1.807, 2.05) is 0 Å². The Bertz CT molecular complexity index is 2220. The van der Waals surface area contributed by atoms with Crippen molar-refractivity contribution in [1.82, 2.24) is 0 Å². The Morgan fingerprint density at radius 3 is 0.417 bits per heavy atom. The first-order valence-corrected chi connectivity index (χ1v) is 34.4. The van der Waals surface area contributed by atoms with Gasteiger partial charge in [0.05, 0.1) is 39.6 Å². The van der Waals surface area contributed by atoms with E-state index < -0.39 is 271 Å². The van der Waals surface area contributed by atoms with Crippen molar-refractivity contribution < 1.29 is 409 Å². The summed E-state index contributed by atoms with van der Waals surface area (Å²) in [5.74, 6) is 0. The minimum Gasteiger partial charge on any atom is -0.756 e. The van der Waals surface area contributed by atoms with Gasteiger partial charge in [-0.05, 0) is 0 Å². The van der Waals surface area contributed by atoms with Crippen molar-refractivity contribution >= 4 is 46.9 Å². The summed E-state index contributed by atoms with van der Waals surface area (Å²) in [4.78, 5) is 128. The fraction of sp³-hybridized carbons (Fsp3) is 1.00. The smallest absolute Gasteiger partial charge is 0.756 e. The third kappa shape index (κ3) is 28.2. The van der Waals surface area contributed by atoms with Gasteiger partial charge in [-0.1, -0.05) is 0 Å². The van der Waals surface area contributed by atoms with Crippen molar-refractivity contribution in [3.63, 3.8) is 0 Å². The third-order valence-electron chi connectivity index (χ3n) is 14.0. The molecule has 0 radical (unpaired) electrons. The van der Waals surface area contributed by atoms with Crippen LogP contribution in [0.1, 0.15) is 0 Å². The average molecular weight is 1580 g/mol. The molecule has 528 valence electrons. The molecule has 36 atom stereocenters. The molecule has 22 rings (SSSR count). The number of aliphatic hydroxyl groups excluding tert-OH is 12. The predicted molar refractivity (Wildman–Crippen MR) is 248 cm³/mol. The predicted octanol–water partition coefficient (Wildman–Crippen LogP) is -34.1. The number of phosphoric acid groups is 6. The minimum absolute atomic E-state index is 0. The monoisotopic (exact) mass is 1580 g/mol. The molecular weight excluding hydrogens is 1520 g/mol. The largest absolute Gasteiger partial charge is 1.00 e. The van der Waals surface area contributed by atoms with Crippen LogP contribution in [0.15, 0.2) is 0 Å². The summed E-state index contributed by atoms with van der Waals surface area (Å²) >= 11 is 0. The Morgan fingerprint density at radius 1 is 0.219 bits per heavy atom. The maximum atomic E-state index is 11.9. The van der Waals surface area contributed by atoms with Gasteiger partial charge in [-0.25, -0.2) is 0 Å². The third-order valence-corrected chi connectivity index (χ3v) is 16.9. The first kappa shape index (κ1) is 99.7. The molecule has 0 aromatic carbocycles. The van der Waals surface area contributed by atoms with Crippen LogP contribution < -0.4 is 207 Å². The fourth-order valence-corrected chi connectivity index (χ4v) is 11.9. The summed E-state index contributed by atoms with van der Waals surface area (Å²) < 4.78 is 164. The summed E-state index contributed by atoms with van der Waals surface area (Å²) in [6.07, 6.45) is -77.0. The summed E-state index contributed by atoms with van der Waals surface area (Å²) in [6.45, 7) is -9.37. The molecule has 0 aromatic heterocycles. The van der Waals surface area contributed by atoms with Crippen LogP contribution in [-0.4, -0.2) is 315 Å². The quantitative estimate of drug-likeness (QED) is 0.0448. The van der Waals surface area contributed by atoms with Gasteiger partial charge in [0.2, 0.25) is 0 Å². The van der Waals surface area contributed by atoms with Gasteiger partial charge in [0.25, 0.3) is 46.9 Å². The van der Waals surface area contributed by atoms with E-state index in [-0.39, 0.29) is 177 Å². The Kier molecular flexibility index (Phi) is 42.9. The number of aliphatic hydroxyl groups is 12. The molecule has 22 saturated heterocycles. The van der Waals surface area contributed by atoms with Crippen molar-refractivity contribution in [2.24, 2.45) is 0 Å². The van der Waals surface area contributed by atoms with Gasteiger partial charge >= 0.3 is 177 Å². The molecule has 22 fully saturated rings. The zero-order valence-corrected chi connectivity index (χ0v) is 67.9. The summed E-state index contributed by atoms with van der Waals surface area (Å²) in [5.41, 5.74) is 0. The Balaban J connectivity index is 0.00000768. The summed E-state index contributed by atoms with van der Waals surface area (Å²) in [7, 11) is -35.4. The normalized spacial score (nSPS) is 45.1. The number of rotatable bonds is 18. The van der Waals surface area contributed by atoms with E-state index in [4.69, 9.17) is 56.8 Å². The standard InChI is InChI=1S/C36H66O48P6.6Na/c37-13-19(43)31-73-7(1-67-85(49,50)51)25(13)79-32-20(44)14(38)27(9(74-32)3-69-87(55,56)57)81-34-22(46)16(40)29(11(76-34)5-71-89(61,62)63)83-36-24(48)18(42)30(12(78-36)6-72-90(64,65)66)84-35-23(47)17(41)28(10(77-35)4-70-88(58,59)60)82-33-21(45)15(39)26(80-31)8(75-33)2-68-86(52,53)54;;;;;;/h7-48H,1-6H2,(H2,49,50,51)(H2,52,53,54)(H2,55,56,57)(H2,58,59,60)(H2,61,62,63)(H2,64,65,66);;;;;;/q;6*+1/p-6/t7-,8-,9-,10-,11-,12-,13-,14-,15-,16-,17-,18-,19-,20-,21-,22-,23-,24-,25-,26-,27-,28-,29-,30-,31-,32-,33-,34-,35-,36-;;;;;;/m1....../s1. The van der Waals surface area contributed by atoms with E-state index in [2.05, 4.69) is 27.1 Å². The summed E-state index contributed by atoms with van der Waals surface area (Å²) in [6, 6.07) is 0. The first-order chi connectivity index (χ1) is 41.3. The first-order valence-electron chi connectivity index (χ1n) is 25.4. The number of phosphoric ester groups is 6. The van der Waals surface area contributed by atoms with Gasteiger partial charge in [0, 0.05) is 0 Å². The average Bonchev–Trinajstić information content (AvgIpc) is 0.779.